The maximum atomic E-state index is 12.5. The summed E-state index contributed by atoms with van der Waals surface area (Å²) in [5, 5.41) is -0.335. The van der Waals surface area contributed by atoms with Gasteiger partial charge in [-0.3, -0.25) is 4.79 Å². The van der Waals surface area contributed by atoms with Gasteiger partial charge in [0.2, 0.25) is 5.91 Å². The molecule has 1 amide bonds. The van der Waals surface area contributed by atoms with E-state index in [4.69, 9.17) is 23.2 Å². The minimum atomic E-state index is -4.56. The molecule has 1 aromatic heterocycles. The summed E-state index contributed by atoms with van der Waals surface area (Å²) in [6, 6.07) is 1.97. The molecule has 0 saturated carbocycles. The Morgan fingerprint density at radius 2 is 2.11 bits per heavy atom. The third-order valence-corrected chi connectivity index (χ3v) is 3.55. The minimum absolute atomic E-state index is 0.0208. The van der Waals surface area contributed by atoms with E-state index < -0.39 is 11.9 Å². The molecule has 1 atom stereocenters. The lowest BCUT2D eigenvalue weighted by molar-refractivity contribution is -0.141. The van der Waals surface area contributed by atoms with Crippen molar-refractivity contribution >= 4 is 34.8 Å². The number of nitrogens with zero attached hydrogens (tertiary/aromatic N) is 2. The molecule has 0 N–H and O–H groups in total. The predicted molar refractivity (Wildman–Crippen MR) is 65.4 cm³/mol. The van der Waals surface area contributed by atoms with Gasteiger partial charge >= 0.3 is 6.18 Å². The van der Waals surface area contributed by atoms with Crippen LogP contribution in [0, 0.1) is 5.92 Å². The summed E-state index contributed by atoms with van der Waals surface area (Å²) in [6.45, 7) is 0.342. The van der Waals surface area contributed by atoms with Gasteiger partial charge < -0.3 is 4.90 Å². The van der Waals surface area contributed by atoms with Gasteiger partial charge in [0.05, 0.1) is 5.69 Å². The number of pyridine rings is 1. The maximum Gasteiger partial charge on any atom is 0.433 e. The maximum absolute atomic E-state index is 12.5. The minimum Gasteiger partial charge on any atom is -0.309 e. The fraction of sp³-hybridized carbons (Fsp3) is 0.455. The zero-order valence-electron chi connectivity index (χ0n) is 9.55. The SMILES string of the molecule is O=C1CC(CCl)CN1c1ccc(C(F)(F)F)nc1Cl. The first-order chi connectivity index (χ1) is 8.82. The highest BCUT2D eigenvalue weighted by atomic mass is 35.5. The van der Waals surface area contributed by atoms with Crippen LogP contribution in [-0.4, -0.2) is 23.3 Å². The molecular formula is C11H9Cl2F3N2O. The van der Waals surface area contributed by atoms with Gasteiger partial charge in [-0.2, -0.15) is 13.2 Å². The van der Waals surface area contributed by atoms with Crippen molar-refractivity contribution in [3.8, 4) is 0 Å². The summed E-state index contributed by atoms with van der Waals surface area (Å²) >= 11 is 11.4. The van der Waals surface area contributed by atoms with Crippen LogP contribution >= 0.6 is 23.2 Å². The fourth-order valence-corrected chi connectivity index (χ4v) is 2.37. The van der Waals surface area contributed by atoms with Crippen LogP contribution in [0.4, 0.5) is 18.9 Å². The molecule has 0 aromatic carbocycles. The molecule has 1 fully saturated rings. The van der Waals surface area contributed by atoms with Gasteiger partial charge in [0.25, 0.3) is 0 Å². The number of aromatic nitrogens is 1. The zero-order valence-corrected chi connectivity index (χ0v) is 11.1. The lowest BCUT2D eigenvalue weighted by Gasteiger charge is -2.18. The van der Waals surface area contributed by atoms with E-state index >= 15 is 0 Å². The van der Waals surface area contributed by atoms with Gasteiger partial charge in [0.1, 0.15) is 5.69 Å². The van der Waals surface area contributed by atoms with Crippen molar-refractivity contribution in [2.45, 2.75) is 12.6 Å². The predicted octanol–water partition coefficient (Wildman–Crippen LogP) is 3.35. The number of halogens is 5. The molecule has 104 valence electrons. The summed E-state index contributed by atoms with van der Waals surface area (Å²) in [4.78, 5) is 16.3. The Morgan fingerprint density at radius 1 is 1.42 bits per heavy atom. The number of amides is 1. The van der Waals surface area contributed by atoms with Crippen molar-refractivity contribution in [1.82, 2.24) is 4.98 Å². The molecule has 0 bridgehead atoms. The summed E-state index contributed by atoms with van der Waals surface area (Å²) in [5.41, 5.74) is -0.894. The molecule has 8 heteroatoms. The van der Waals surface area contributed by atoms with E-state index in [1.165, 1.54) is 4.90 Å². The second-order valence-electron chi connectivity index (χ2n) is 4.23. The number of carbonyl (C=O) groups excluding carboxylic acids is 1. The van der Waals surface area contributed by atoms with Crippen LogP contribution in [0.25, 0.3) is 0 Å². The molecule has 3 nitrogen and oxygen atoms in total. The normalized spacial score (nSPS) is 20.2. The van der Waals surface area contributed by atoms with Crippen molar-refractivity contribution in [3.63, 3.8) is 0 Å². The van der Waals surface area contributed by atoms with E-state index in [2.05, 4.69) is 4.98 Å². The number of anilines is 1. The summed E-state index contributed by atoms with van der Waals surface area (Å²) in [7, 11) is 0. The van der Waals surface area contributed by atoms with Crippen molar-refractivity contribution in [1.29, 1.82) is 0 Å². The van der Waals surface area contributed by atoms with E-state index in [9.17, 15) is 18.0 Å². The molecule has 1 aliphatic rings. The molecule has 2 rings (SSSR count). The third-order valence-electron chi connectivity index (χ3n) is 2.83. The van der Waals surface area contributed by atoms with Crippen molar-refractivity contribution in [3.05, 3.63) is 23.0 Å². The molecule has 2 heterocycles. The Morgan fingerprint density at radius 3 is 2.58 bits per heavy atom. The second kappa shape index (κ2) is 5.17. The van der Waals surface area contributed by atoms with Gasteiger partial charge in [-0.25, -0.2) is 4.98 Å². The molecule has 0 radical (unpaired) electrons. The number of hydrogen-bond acceptors (Lipinski definition) is 2. The lowest BCUT2D eigenvalue weighted by atomic mass is 10.1. The van der Waals surface area contributed by atoms with Crippen LogP contribution in [0.3, 0.4) is 0 Å². The first kappa shape index (κ1) is 14.4. The average molecular weight is 313 g/mol. The quantitative estimate of drug-likeness (QED) is 0.620. The van der Waals surface area contributed by atoms with Crippen LogP contribution in [0.15, 0.2) is 12.1 Å². The molecule has 1 aliphatic heterocycles. The van der Waals surface area contributed by atoms with Crippen molar-refractivity contribution in [2.24, 2.45) is 5.92 Å². The highest BCUT2D eigenvalue weighted by Crippen LogP contribution is 2.34. The average Bonchev–Trinajstić information content (AvgIpc) is 2.69. The van der Waals surface area contributed by atoms with Gasteiger partial charge in [-0.05, 0) is 18.1 Å². The molecule has 1 unspecified atom stereocenters. The lowest BCUT2D eigenvalue weighted by Crippen LogP contribution is -2.25. The van der Waals surface area contributed by atoms with Crippen LogP contribution in [0.1, 0.15) is 12.1 Å². The number of rotatable bonds is 2. The standard InChI is InChI=1S/C11H9Cl2F3N2O/c12-4-6-3-9(19)18(5-6)7-1-2-8(11(14,15)16)17-10(7)13/h1-2,6H,3-5H2. The van der Waals surface area contributed by atoms with E-state index in [0.29, 0.717) is 12.4 Å². The molecule has 1 saturated heterocycles. The monoisotopic (exact) mass is 312 g/mol. The van der Waals surface area contributed by atoms with Crippen LogP contribution in [0.2, 0.25) is 5.15 Å². The summed E-state index contributed by atoms with van der Waals surface area (Å²) in [6.07, 6.45) is -4.29. The number of hydrogen-bond donors (Lipinski definition) is 0. The van der Waals surface area contributed by atoms with Crippen molar-refractivity contribution < 1.29 is 18.0 Å². The van der Waals surface area contributed by atoms with Crippen molar-refractivity contribution in [2.75, 3.05) is 17.3 Å². The second-order valence-corrected chi connectivity index (χ2v) is 4.90. The largest absolute Gasteiger partial charge is 0.433 e. The van der Waals surface area contributed by atoms with Gasteiger partial charge in [0, 0.05) is 18.8 Å². The highest BCUT2D eigenvalue weighted by Gasteiger charge is 2.35. The summed E-state index contributed by atoms with van der Waals surface area (Å²) < 4.78 is 37.4. The molecule has 19 heavy (non-hydrogen) atoms. The Bertz CT molecular complexity index is 507. The molecular weight excluding hydrogens is 304 g/mol. The first-order valence-corrected chi connectivity index (χ1v) is 6.34. The smallest absolute Gasteiger partial charge is 0.309 e. The molecule has 0 aliphatic carbocycles. The fourth-order valence-electron chi connectivity index (χ4n) is 1.90. The topological polar surface area (TPSA) is 33.2 Å². The highest BCUT2D eigenvalue weighted by molar-refractivity contribution is 6.32. The van der Waals surface area contributed by atoms with Crippen LogP contribution < -0.4 is 4.90 Å². The van der Waals surface area contributed by atoms with E-state index in [0.717, 1.165) is 12.1 Å². The Labute approximate surface area is 117 Å². The Hall–Kier alpha value is -1.01. The van der Waals surface area contributed by atoms with E-state index in [1.54, 1.807) is 0 Å². The van der Waals surface area contributed by atoms with Gasteiger partial charge in [-0.15, -0.1) is 11.6 Å². The molecule has 0 spiro atoms. The molecule has 1 aromatic rings. The zero-order chi connectivity index (χ0) is 14.2. The number of carbonyl (C=O) groups is 1. The Balaban J connectivity index is 2.30. The van der Waals surface area contributed by atoms with Gasteiger partial charge in [0.15, 0.2) is 5.15 Å². The Kier molecular flexibility index (Phi) is 3.92. The third kappa shape index (κ3) is 2.95. The van der Waals surface area contributed by atoms with E-state index in [1.807, 2.05) is 0 Å². The summed E-state index contributed by atoms with van der Waals surface area (Å²) in [5.74, 6) is 0.0788. The van der Waals surface area contributed by atoms with Gasteiger partial charge in [-0.1, -0.05) is 11.6 Å². The number of alkyl halides is 4. The first-order valence-electron chi connectivity index (χ1n) is 5.43. The van der Waals surface area contributed by atoms with Crippen LogP contribution in [0.5, 0.6) is 0 Å². The van der Waals surface area contributed by atoms with Crippen LogP contribution in [-0.2, 0) is 11.0 Å². The van der Waals surface area contributed by atoms with E-state index in [-0.39, 0.29) is 29.1 Å².